The number of anilines is 1. The summed E-state index contributed by atoms with van der Waals surface area (Å²) in [5.41, 5.74) is 5.08. The zero-order chi connectivity index (χ0) is 15.4. The Kier molecular flexibility index (Phi) is 4.32. The molecule has 0 aliphatic carbocycles. The second-order valence-corrected chi connectivity index (χ2v) is 4.94. The molecular formula is C14H16N4O3. The third kappa shape index (κ3) is 3.25. The number of para-hydroxylation sites is 1. The fraction of sp³-hybridized carbons (Fsp3) is 0.286. The highest BCUT2D eigenvalue weighted by molar-refractivity contribution is 5.67. The molecule has 1 aromatic heterocycles. The number of nitrogen functional groups attached to an aromatic ring is 1. The number of rotatable bonds is 5. The topological polar surface area (TPSA) is 110 Å². The smallest absolute Gasteiger partial charge is 0.282 e. The lowest BCUT2D eigenvalue weighted by atomic mass is 10.2. The van der Waals surface area contributed by atoms with E-state index in [1.165, 1.54) is 0 Å². The van der Waals surface area contributed by atoms with Gasteiger partial charge in [-0.25, -0.2) is 4.98 Å². The van der Waals surface area contributed by atoms with Crippen LogP contribution in [-0.4, -0.2) is 16.6 Å². The predicted octanol–water partition coefficient (Wildman–Crippen LogP) is 2.45. The summed E-state index contributed by atoms with van der Waals surface area (Å²) in [5.74, 6) is 0.976. The summed E-state index contributed by atoms with van der Waals surface area (Å²) in [6, 6.07) is 7.14. The van der Waals surface area contributed by atoms with Crippen molar-refractivity contribution in [1.82, 2.24) is 9.97 Å². The van der Waals surface area contributed by atoms with Gasteiger partial charge in [0.05, 0.1) is 12.2 Å². The summed E-state index contributed by atoms with van der Waals surface area (Å²) in [5, 5.41) is 2.57. The van der Waals surface area contributed by atoms with Crippen LogP contribution >= 0.6 is 0 Å². The number of nitrogens with two attached hydrogens (primary N) is 1. The minimum atomic E-state index is -0.675. The number of H-pyrrole nitrogens is 1. The number of benzene rings is 1. The molecule has 7 heteroatoms. The van der Waals surface area contributed by atoms with Gasteiger partial charge in [-0.1, -0.05) is 26.0 Å². The van der Waals surface area contributed by atoms with Crippen molar-refractivity contribution in [2.75, 3.05) is 12.3 Å². The van der Waals surface area contributed by atoms with Gasteiger partial charge in [0.1, 0.15) is 11.6 Å². The second-order valence-electron chi connectivity index (χ2n) is 4.94. The van der Waals surface area contributed by atoms with E-state index in [-0.39, 0.29) is 11.6 Å². The van der Waals surface area contributed by atoms with E-state index in [1.807, 2.05) is 19.9 Å². The number of ether oxygens (including phenoxy) is 1. The van der Waals surface area contributed by atoms with Crippen molar-refractivity contribution in [2.24, 2.45) is 11.1 Å². The Morgan fingerprint density at radius 1 is 1.38 bits per heavy atom. The Bertz CT molecular complexity index is 710. The molecule has 1 aromatic carbocycles. The monoisotopic (exact) mass is 288 g/mol. The van der Waals surface area contributed by atoms with Gasteiger partial charge < -0.3 is 15.5 Å². The standard InChI is InChI=1S/C14H16N4O3/c1-8(2)7-21-10-6-4-3-5-9(10)13-16-12(15)11(18-20)14(19)17-13/h3-6,8H,7H2,1-2H3,(H3,15,16,17,19). The third-order valence-corrected chi connectivity index (χ3v) is 2.73. The van der Waals surface area contributed by atoms with Crippen LogP contribution in [0, 0.1) is 10.8 Å². The highest BCUT2D eigenvalue weighted by Crippen LogP contribution is 2.28. The maximum Gasteiger partial charge on any atom is 0.282 e. The molecule has 0 bridgehead atoms. The van der Waals surface area contributed by atoms with Crippen LogP contribution in [0.5, 0.6) is 5.75 Å². The maximum absolute atomic E-state index is 11.7. The number of aromatic amines is 1. The molecule has 0 aliphatic rings. The third-order valence-electron chi connectivity index (χ3n) is 2.73. The summed E-state index contributed by atoms with van der Waals surface area (Å²) in [6.07, 6.45) is 0. The fourth-order valence-corrected chi connectivity index (χ4v) is 1.74. The van der Waals surface area contributed by atoms with Gasteiger partial charge >= 0.3 is 0 Å². The van der Waals surface area contributed by atoms with Crippen LogP contribution in [0.25, 0.3) is 11.4 Å². The average molecular weight is 288 g/mol. The Balaban J connectivity index is 2.47. The minimum Gasteiger partial charge on any atom is -0.493 e. The van der Waals surface area contributed by atoms with Crippen LogP contribution in [0.1, 0.15) is 13.8 Å². The predicted molar refractivity (Wildman–Crippen MR) is 80.5 cm³/mol. The molecule has 2 rings (SSSR count). The molecule has 0 spiro atoms. The lowest BCUT2D eigenvalue weighted by Gasteiger charge is -2.12. The molecule has 110 valence electrons. The van der Waals surface area contributed by atoms with Crippen LogP contribution in [-0.2, 0) is 0 Å². The van der Waals surface area contributed by atoms with Gasteiger partial charge in [-0.15, -0.1) is 4.91 Å². The van der Waals surface area contributed by atoms with E-state index in [0.717, 1.165) is 0 Å². The van der Waals surface area contributed by atoms with Crippen LogP contribution in [0.2, 0.25) is 0 Å². The van der Waals surface area contributed by atoms with E-state index in [2.05, 4.69) is 15.1 Å². The molecule has 0 amide bonds. The molecule has 0 radical (unpaired) electrons. The molecule has 0 unspecified atom stereocenters. The molecule has 0 aliphatic heterocycles. The van der Waals surface area contributed by atoms with E-state index < -0.39 is 11.2 Å². The van der Waals surface area contributed by atoms with Crippen molar-refractivity contribution in [1.29, 1.82) is 0 Å². The molecule has 3 N–H and O–H groups in total. The second kappa shape index (κ2) is 6.17. The summed E-state index contributed by atoms with van der Waals surface area (Å²) < 4.78 is 5.70. The Labute approximate surface area is 121 Å². The molecule has 2 aromatic rings. The lowest BCUT2D eigenvalue weighted by molar-refractivity contribution is 0.272. The number of nitrogens with zero attached hydrogens (tertiary/aromatic N) is 2. The van der Waals surface area contributed by atoms with Crippen LogP contribution in [0.4, 0.5) is 11.5 Å². The summed E-state index contributed by atoms with van der Waals surface area (Å²) in [4.78, 5) is 28.8. The quantitative estimate of drug-likeness (QED) is 0.821. The van der Waals surface area contributed by atoms with Gasteiger partial charge in [0, 0.05) is 0 Å². The highest BCUT2D eigenvalue weighted by atomic mass is 16.5. The molecular weight excluding hydrogens is 272 g/mol. The summed E-state index contributed by atoms with van der Waals surface area (Å²) in [6.45, 7) is 4.60. The first-order chi connectivity index (χ1) is 10.0. The molecule has 7 nitrogen and oxygen atoms in total. The van der Waals surface area contributed by atoms with E-state index in [4.69, 9.17) is 10.5 Å². The average Bonchev–Trinajstić information content (AvgIpc) is 2.45. The summed E-state index contributed by atoms with van der Waals surface area (Å²) in [7, 11) is 0. The first kappa shape index (κ1) is 14.7. The number of nitroso groups, excluding NO2 is 1. The number of aromatic nitrogens is 2. The zero-order valence-corrected chi connectivity index (χ0v) is 11.8. The Morgan fingerprint density at radius 2 is 2.10 bits per heavy atom. The fourth-order valence-electron chi connectivity index (χ4n) is 1.74. The lowest BCUT2D eigenvalue weighted by Crippen LogP contribution is -2.12. The zero-order valence-electron chi connectivity index (χ0n) is 11.8. The van der Waals surface area contributed by atoms with Crippen molar-refractivity contribution < 1.29 is 4.74 Å². The summed E-state index contributed by atoms with van der Waals surface area (Å²) >= 11 is 0. The largest absolute Gasteiger partial charge is 0.493 e. The number of nitrogens with one attached hydrogen (secondary N) is 1. The Morgan fingerprint density at radius 3 is 2.71 bits per heavy atom. The van der Waals surface area contributed by atoms with Gasteiger partial charge in [0.25, 0.3) is 5.56 Å². The van der Waals surface area contributed by atoms with Crippen molar-refractivity contribution in [3.05, 3.63) is 39.5 Å². The highest BCUT2D eigenvalue weighted by Gasteiger charge is 2.14. The molecule has 21 heavy (non-hydrogen) atoms. The molecule has 0 atom stereocenters. The first-order valence-corrected chi connectivity index (χ1v) is 6.48. The van der Waals surface area contributed by atoms with E-state index >= 15 is 0 Å². The van der Waals surface area contributed by atoms with Crippen molar-refractivity contribution in [2.45, 2.75) is 13.8 Å². The van der Waals surface area contributed by atoms with Gasteiger partial charge in [-0.3, -0.25) is 4.79 Å². The van der Waals surface area contributed by atoms with Crippen molar-refractivity contribution >= 4 is 11.5 Å². The van der Waals surface area contributed by atoms with Crippen LogP contribution in [0.15, 0.2) is 34.2 Å². The van der Waals surface area contributed by atoms with E-state index in [0.29, 0.717) is 23.8 Å². The minimum absolute atomic E-state index is 0.206. The molecule has 1 heterocycles. The normalized spacial score (nSPS) is 10.6. The van der Waals surface area contributed by atoms with Gasteiger partial charge in [0.15, 0.2) is 5.82 Å². The van der Waals surface area contributed by atoms with Gasteiger partial charge in [-0.2, -0.15) is 0 Å². The van der Waals surface area contributed by atoms with Crippen LogP contribution in [0.3, 0.4) is 0 Å². The van der Waals surface area contributed by atoms with Crippen LogP contribution < -0.4 is 16.0 Å². The SMILES string of the molecule is CC(C)COc1ccccc1-c1nc(N)c(N=O)c(=O)[nH]1. The maximum atomic E-state index is 11.7. The molecule has 0 saturated carbocycles. The van der Waals surface area contributed by atoms with Gasteiger partial charge in [-0.05, 0) is 23.2 Å². The van der Waals surface area contributed by atoms with E-state index in [9.17, 15) is 9.70 Å². The van der Waals surface area contributed by atoms with E-state index in [1.54, 1.807) is 18.2 Å². The molecule has 0 saturated heterocycles. The Hall–Kier alpha value is -2.70. The van der Waals surface area contributed by atoms with Crippen molar-refractivity contribution in [3.63, 3.8) is 0 Å². The van der Waals surface area contributed by atoms with Crippen molar-refractivity contribution in [3.8, 4) is 17.1 Å². The molecule has 0 fully saturated rings. The van der Waals surface area contributed by atoms with Gasteiger partial charge in [0.2, 0.25) is 5.69 Å². The number of hydrogen-bond acceptors (Lipinski definition) is 6. The number of hydrogen-bond donors (Lipinski definition) is 2. The first-order valence-electron chi connectivity index (χ1n) is 6.48.